The van der Waals surface area contributed by atoms with Gasteiger partial charge in [-0.1, -0.05) is 41.9 Å². The van der Waals surface area contributed by atoms with Crippen molar-refractivity contribution in [2.24, 2.45) is 5.10 Å². The van der Waals surface area contributed by atoms with Crippen molar-refractivity contribution in [3.63, 3.8) is 0 Å². The van der Waals surface area contributed by atoms with Gasteiger partial charge in [0.2, 0.25) is 0 Å². The molecule has 0 unspecified atom stereocenters. The Labute approximate surface area is 251 Å². The molecule has 0 fully saturated rings. The fourth-order valence-corrected chi connectivity index (χ4v) is 5.23. The van der Waals surface area contributed by atoms with E-state index in [1.807, 2.05) is 42.5 Å². The van der Waals surface area contributed by atoms with E-state index in [0.29, 0.717) is 45.1 Å². The molecule has 0 aliphatic rings. The van der Waals surface area contributed by atoms with Crippen LogP contribution in [0.2, 0.25) is 5.02 Å². The van der Waals surface area contributed by atoms with Gasteiger partial charge in [0.05, 0.1) is 18.3 Å². The summed E-state index contributed by atoms with van der Waals surface area (Å²) in [6.07, 6.45) is 1.47. The zero-order valence-electron chi connectivity index (χ0n) is 22.4. The number of methoxy groups -OCH3 is 1. The number of nitrogens with one attached hydrogen (secondary N) is 1. The highest BCUT2D eigenvalue weighted by atomic mass is 35.5. The molecule has 0 aliphatic carbocycles. The summed E-state index contributed by atoms with van der Waals surface area (Å²) in [5.41, 5.74) is 4.18. The number of fused-ring (bicyclic) bond motifs is 1. The quantitative estimate of drug-likeness (QED) is 0.0768. The van der Waals surface area contributed by atoms with Crippen molar-refractivity contribution >= 4 is 51.1 Å². The largest absolute Gasteiger partial charge is 0.497 e. The topological polar surface area (TPSA) is 95.5 Å². The lowest BCUT2D eigenvalue weighted by Crippen LogP contribution is -2.24. The van der Waals surface area contributed by atoms with Crippen molar-refractivity contribution in [1.82, 2.24) is 5.43 Å². The maximum atomic E-state index is 12.7. The number of esters is 1. The molecule has 212 valence electrons. The van der Waals surface area contributed by atoms with Crippen LogP contribution in [-0.4, -0.2) is 31.8 Å². The Bertz CT molecular complexity index is 1700. The van der Waals surface area contributed by atoms with Gasteiger partial charge in [0.15, 0.2) is 6.61 Å². The van der Waals surface area contributed by atoms with Crippen LogP contribution in [0.3, 0.4) is 0 Å². The third kappa shape index (κ3) is 7.45. The molecule has 0 saturated carbocycles. The number of hydrazone groups is 1. The van der Waals surface area contributed by atoms with E-state index in [1.54, 1.807) is 61.7 Å². The lowest BCUT2D eigenvalue weighted by Gasteiger charge is -2.08. The number of nitrogens with zero attached hydrogens (tertiary/aromatic N) is 1. The number of ether oxygens (including phenoxy) is 4. The third-order valence-electron chi connectivity index (χ3n) is 5.96. The minimum Gasteiger partial charge on any atom is -0.497 e. The number of hydrogen-bond acceptors (Lipinski definition) is 8. The Kier molecular flexibility index (Phi) is 9.33. The van der Waals surface area contributed by atoms with Crippen LogP contribution in [-0.2, 0) is 11.4 Å². The third-order valence-corrected chi connectivity index (χ3v) is 7.59. The number of carbonyl (C=O) groups excluding carboxylic acids is 2. The Balaban J connectivity index is 1.06. The van der Waals surface area contributed by atoms with Crippen LogP contribution >= 0.6 is 22.9 Å². The fourth-order valence-electron chi connectivity index (χ4n) is 3.81. The zero-order chi connectivity index (χ0) is 29.3. The predicted molar refractivity (Wildman–Crippen MR) is 163 cm³/mol. The van der Waals surface area contributed by atoms with Gasteiger partial charge in [-0.25, -0.2) is 10.2 Å². The highest BCUT2D eigenvalue weighted by Gasteiger charge is 2.19. The smallest absolute Gasteiger partial charge is 0.355 e. The van der Waals surface area contributed by atoms with Gasteiger partial charge in [-0.05, 0) is 77.9 Å². The molecule has 1 amide bonds. The molecule has 0 radical (unpaired) electrons. The lowest BCUT2D eigenvalue weighted by atomic mass is 10.2. The molecule has 1 N–H and O–H groups in total. The highest BCUT2D eigenvalue weighted by molar-refractivity contribution is 7.21. The van der Waals surface area contributed by atoms with E-state index < -0.39 is 11.9 Å². The summed E-state index contributed by atoms with van der Waals surface area (Å²) in [6.45, 7) is 0.261. The summed E-state index contributed by atoms with van der Waals surface area (Å²) in [6, 6.07) is 29.0. The molecule has 10 heteroatoms. The molecular formula is C32H25ClN2O6S. The molecule has 0 saturated heterocycles. The van der Waals surface area contributed by atoms with Crippen molar-refractivity contribution in [2.45, 2.75) is 6.61 Å². The van der Waals surface area contributed by atoms with E-state index in [0.717, 1.165) is 15.6 Å². The van der Waals surface area contributed by atoms with E-state index in [1.165, 1.54) is 17.6 Å². The minimum atomic E-state index is -0.553. The maximum absolute atomic E-state index is 12.7. The van der Waals surface area contributed by atoms with Crippen LogP contribution in [0.1, 0.15) is 20.8 Å². The monoisotopic (exact) mass is 600 g/mol. The van der Waals surface area contributed by atoms with Gasteiger partial charge < -0.3 is 18.9 Å². The van der Waals surface area contributed by atoms with E-state index in [9.17, 15) is 9.59 Å². The van der Waals surface area contributed by atoms with Crippen molar-refractivity contribution in [1.29, 1.82) is 0 Å². The number of benzene rings is 4. The van der Waals surface area contributed by atoms with Gasteiger partial charge in [0.25, 0.3) is 5.91 Å². The fraction of sp³-hybridized carbons (Fsp3) is 0.0938. The molecular weight excluding hydrogens is 576 g/mol. The number of rotatable bonds is 11. The molecule has 1 aromatic heterocycles. The first-order valence-electron chi connectivity index (χ1n) is 12.8. The first kappa shape index (κ1) is 28.7. The van der Waals surface area contributed by atoms with Gasteiger partial charge >= 0.3 is 5.97 Å². The summed E-state index contributed by atoms with van der Waals surface area (Å²) >= 11 is 7.66. The van der Waals surface area contributed by atoms with Crippen LogP contribution in [0.5, 0.6) is 23.0 Å². The van der Waals surface area contributed by atoms with Crippen LogP contribution in [0.15, 0.2) is 102 Å². The average Bonchev–Trinajstić information content (AvgIpc) is 3.36. The summed E-state index contributed by atoms with van der Waals surface area (Å²) < 4.78 is 22.8. The van der Waals surface area contributed by atoms with Crippen molar-refractivity contribution < 1.29 is 28.5 Å². The lowest BCUT2D eigenvalue weighted by molar-refractivity contribution is -0.123. The van der Waals surface area contributed by atoms with Gasteiger partial charge in [-0.15, -0.1) is 11.3 Å². The Morgan fingerprint density at radius 3 is 2.24 bits per heavy atom. The maximum Gasteiger partial charge on any atom is 0.355 e. The summed E-state index contributed by atoms with van der Waals surface area (Å²) in [5.74, 6) is 1.28. The molecule has 8 nitrogen and oxygen atoms in total. The first-order valence-corrected chi connectivity index (χ1v) is 14.0. The molecule has 5 rings (SSSR count). The zero-order valence-corrected chi connectivity index (χ0v) is 24.0. The Hall–Kier alpha value is -4.86. The van der Waals surface area contributed by atoms with E-state index in [4.69, 9.17) is 30.5 Å². The SMILES string of the molecule is COc1ccc2c(Cl)c(C(=O)Oc3ccc(/C=N\NC(=O)COc4ccc(OCc5ccccc5)cc4)cc3)sc2c1. The molecule has 4 aromatic carbocycles. The standard InChI is InChI=1S/C32H25ClN2O6S/c1-38-26-15-16-27-28(17-26)42-31(30(27)33)32(37)41-25-9-7-21(8-10-25)18-34-35-29(36)20-40-24-13-11-23(12-14-24)39-19-22-5-3-2-4-6-22/h2-18H,19-20H2,1H3,(H,35,36)/b34-18-. The van der Waals surface area contributed by atoms with Gasteiger partial charge in [0, 0.05) is 10.1 Å². The van der Waals surface area contributed by atoms with Crippen molar-refractivity contribution in [3.8, 4) is 23.0 Å². The molecule has 0 atom stereocenters. The second-order valence-electron chi connectivity index (χ2n) is 8.89. The van der Waals surface area contributed by atoms with Crippen LogP contribution in [0.4, 0.5) is 0 Å². The van der Waals surface area contributed by atoms with E-state index in [2.05, 4.69) is 10.5 Å². The normalized spacial score (nSPS) is 10.9. The second kappa shape index (κ2) is 13.7. The Morgan fingerprint density at radius 2 is 1.52 bits per heavy atom. The average molecular weight is 601 g/mol. The molecule has 0 bridgehead atoms. The second-order valence-corrected chi connectivity index (χ2v) is 10.3. The molecule has 1 heterocycles. The van der Waals surface area contributed by atoms with Gasteiger partial charge in [-0.2, -0.15) is 5.10 Å². The number of amides is 1. The van der Waals surface area contributed by atoms with Gasteiger partial charge in [0.1, 0.15) is 34.5 Å². The first-order chi connectivity index (χ1) is 20.5. The number of carbonyl (C=O) groups is 2. The number of halogens is 1. The van der Waals surface area contributed by atoms with Crippen LogP contribution < -0.4 is 24.4 Å². The summed E-state index contributed by atoms with van der Waals surface area (Å²) in [4.78, 5) is 25.2. The van der Waals surface area contributed by atoms with Crippen LogP contribution in [0.25, 0.3) is 10.1 Å². The van der Waals surface area contributed by atoms with Crippen molar-refractivity contribution in [2.75, 3.05) is 13.7 Å². The van der Waals surface area contributed by atoms with E-state index >= 15 is 0 Å². The predicted octanol–water partition coefficient (Wildman–Crippen LogP) is 6.89. The number of thiophene rings is 1. The summed E-state index contributed by atoms with van der Waals surface area (Å²) in [7, 11) is 1.58. The van der Waals surface area contributed by atoms with Crippen LogP contribution in [0, 0.1) is 0 Å². The van der Waals surface area contributed by atoms with E-state index in [-0.39, 0.29) is 6.61 Å². The minimum absolute atomic E-state index is 0.205. The van der Waals surface area contributed by atoms with Gasteiger partial charge in [-0.3, -0.25) is 4.79 Å². The summed E-state index contributed by atoms with van der Waals surface area (Å²) in [5, 5.41) is 5.05. The molecule has 5 aromatic rings. The van der Waals surface area contributed by atoms with Crippen molar-refractivity contribution in [3.05, 3.63) is 118 Å². The molecule has 0 spiro atoms. The molecule has 42 heavy (non-hydrogen) atoms. The highest BCUT2D eigenvalue weighted by Crippen LogP contribution is 2.37. The molecule has 0 aliphatic heterocycles. The number of hydrogen-bond donors (Lipinski definition) is 1. The Morgan fingerprint density at radius 1 is 0.857 bits per heavy atom.